The van der Waals surface area contributed by atoms with Gasteiger partial charge in [-0.25, -0.2) is 0 Å². The van der Waals surface area contributed by atoms with Crippen molar-refractivity contribution in [3.05, 3.63) is 5.28 Å². The summed E-state index contributed by atoms with van der Waals surface area (Å²) in [6.45, 7) is 0.861. The standard InChI is InChI=1S/C12H19ClN4O/c1-18-12-16-10(13)15-11(17-12)14-8-4-7-9-5-2-3-6-9/h9H,2-8H2,1H3,(H,14,15,16,17). The van der Waals surface area contributed by atoms with Gasteiger partial charge in [-0.3, -0.25) is 0 Å². The molecular formula is C12H19ClN4O. The van der Waals surface area contributed by atoms with Gasteiger partial charge in [-0.2, -0.15) is 15.0 Å². The molecule has 0 atom stereocenters. The van der Waals surface area contributed by atoms with E-state index in [1.54, 1.807) is 0 Å². The minimum absolute atomic E-state index is 0.153. The van der Waals surface area contributed by atoms with Crippen molar-refractivity contribution in [1.82, 2.24) is 15.0 Å². The average Bonchev–Trinajstić information content (AvgIpc) is 2.87. The molecule has 1 aromatic heterocycles. The van der Waals surface area contributed by atoms with Crippen molar-refractivity contribution in [2.24, 2.45) is 5.92 Å². The van der Waals surface area contributed by atoms with Gasteiger partial charge in [0.1, 0.15) is 0 Å². The number of rotatable bonds is 6. The fourth-order valence-electron chi connectivity index (χ4n) is 2.39. The second-order valence-electron chi connectivity index (χ2n) is 4.63. The third-order valence-electron chi connectivity index (χ3n) is 3.32. The number of nitrogens with zero attached hydrogens (tertiary/aromatic N) is 3. The summed E-state index contributed by atoms with van der Waals surface area (Å²) in [5.41, 5.74) is 0. The molecule has 1 heterocycles. The quantitative estimate of drug-likeness (QED) is 0.806. The number of ether oxygens (including phenoxy) is 1. The van der Waals surface area contributed by atoms with Crippen LogP contribution in [0.3, 0.4) is 0 Å². The van der Waals surface area contributed by atoms with E-state index in [0.29, 0.717) is 5.95 Å². The highest BCUT2D eigenvalue weighted by Crippen LogP contribution is 2.28. The smallest absolute Gasteiger partial charge is 0.322 e. The molecule has 1 N–H and O–H groups in total. The highest BCUT2D eigenvalue weighted by Gasteiger charge is 2.14. The number of hydrogen-bond acceptors (Lipinski definition) is 5. The van der Waals surface area contributed by atoms with E-state index in [4.69, 9.17) is 16.3 Å². The summed E-state index contributed by atoms with van der Waals surface area (Å²) in [7, 11) is 1.51. The predicted octanol–water partition coefficient (Wildman–Crippen LogP) is 2.92. The Labute approximate surface area is 112 Å². The normalized spacial score (nSPS) is 15.9. The molecular weight excluding hydrogens is 252 g/mol. The molecule has 0 spiro atoms. The lowest BCUT2D eigenvalue weighted by atomic mass is 10.0. The first-order valence-electron chi connectivity index (χ1n) is 6.47. The fourth-order valence-corrected chi connectivity index (χ4v) is 2.54. The zero-order valence-corrected chi connectivity index (χ0v) is 11.4. The fraction of sp³-hybridized carbons (Fsp3) is 0.750. The maximum atomic E-state index is 5.76. The maximum absolute atomic E-state index is 5.76. The third kappa shape index (κ3) is 3.98. The molecule has 0 amide bonds. The largest absolute Gasteiger partial charge is 0.467 e. The van der Waals surface area contributed by atoms with Crippen LogP contribution in [-0.4, -0.2) is 28.6 Å². The molecule has 6 heteroatoms. The minimum Gasteiger partial charge on any atom is -0.467 e. The zero-order valence-electron chi connectivity index (χ0n) is 10.7. The van der Waals surface area contributed by atoms with Crippen LogP contribution in [0.15, 0.2) is 0 Å². The molecule has 0 aromatic carbocycles. The van der Waals surface area contributed by atoms with Gasteiger partial charge in [-0.15, -0.1) is 0 Å². The lowest BCUT2D eigenvalue weighted by molar-refractivity contribution is 0.378. The van der Waals surface area contributed by atoms with Crippen LogP contribution in [0.1, 0.15) is 38.5 Å². The third-order valence-corrected chi connectivity index (χ3v) is 3.49. The second kappa shape index (κ2) is 6.73. The minimum atomic E-state index is 0.153. The van der Waals surface area contributed by atoms with Gasteiger partial charge in [0.2, 0.25) is 11.2 Å². The molecule has 18 heavy (non-hydrogen) atoms. The van der Waals surface area contributed by atoms with E-state index < -0.39 is 0 Å². The summed E-state index contributed by atoms with van der Waals surface area (Å²) in [6.07, 6.45) is 8.01. The van der Waals surface area contributed by atoms with Crippen molar-refractivity contribution in [1.29, 1.82) is 0 Å². The van der Waals surface area contributed by atoms with Crippen LogP contribution in [0.5, 0.6) is 6.01 Å². The van der Waals surface area contributed by atoms with E-state index in [9.17, 15) is 0 Å². The monoisotopic (exact) mass is 270 g/mol. The molecule has 1 aliphatic carbocycles. The van der Waals surface area contributed by atoms with Gasteiger partial charge in [0, 0.05) is 6.54 Å². The predicted molar refractivity (Wildman–Crippen MR) is 71.1 cm³/mol. The summed E-state index contributed by atoms with van der Waals surface area (Å²) in [5.74, 6) is 1.40. The molecule has 1 saturated carbocycles. The Morgan fingerprint density at radius 2 is 2.06 bits per heavy atom. The van der Waals surface area contributed by atoms with Gasteiger partial charge < -0.3 is 10.1 Å². The Morgan fingerprint density at radius 1 is 1.28 bits per heavy atom. The molecule has 1 aliphatic rings. The molecule has 100 valence electrons. The molecule has 2 rings (SSSR count). The van der Waals surface area contributed by atoms with Crippen molar-refractivity contribution in [2.75, 3.05) is 19.0 Å². The van der Waals surface area contributed by atoms with E-state index >= 15 is 0 Å². The Hall–Kier alpha value is -1.10. The first-order valence-corrected chi connectivity index (χ1v) is 6.85. The zero-order chi connectivity index (χ0) is 12.8. The number of anilines is 1. The number of aromatic nitrogens is 3. The van der Waals surface area contributed by atoms with E-state index in [0.717, 1.165) is 18.9 Å². The van der Waals surface area contributed by atoms with Crippen molar-refractivity contribution in [3.8, 4) is 6.01 Å². The highest BCUT2D eigenvalue weighted by atomic mass is 35.5. The van der Waals surface area contributed by atoms with E-state index in [2.05, 4.69) is 20.3 Å². The first-order chi connectivity index (χ1) is 8.78. The van der Waals surface area contributed by atoms with E-state index in [1.165, 1.54) is 39.2 Å². The van der Waals surface area contributed by atoms with Crippen LogP contribution in [0.4, 0.5) is 5.95 Å². The van der Waals surface area contributed by atoms with E-state index in [1.807, 2.05) is 0 Å². The molecule has 1 aromatic rings. The summed E-state index contributed by atoms with van der Waals surface area (Å²) >= 11 is 5.76. The summed E-state index contributed by atoms with van der Waals surface area (Å²) in [4.78, 5) is 11.9. The number of methoxy groups -OCH3 is 1. The Kier molecular flexibility index (Phi) is 4.99. The lowest BCUT2D eigenvalue weighted by Crippen LogP contribution is -2.08. The molecule has 5 nitrogen and oxygen atoms in total. The van der Waals surface area contributed by atoms with Gasteiger partial charge in [0.05, 0.1) is 7.11 Å². The van der Waals surface area contributed by atoms with Crippen LogP contribution < -0.4 is 10.1 Å². The van der Waals surface area contributed by atoms with Crippen LogP contribution >= 0.6 is 11.6 Å². The van der Waals surface area contributed by atoms with Crippen LogP contribution in [0.2, 0.25) is 5.28 Å². The number of nitrogens with one attached hydrogen (secondary N) is 1. The van der Waals surface area contributed by atoms with Crippen LogP contribution in [0.25, 0.3) is 0 Å². The van der Waals surface area contributed by atoms with Crippen molar-refractivity contribution in [3.63, 3.8) is 0 Å². The van der Waals surface area contributed by atoms with Gasteiger partial charge in [-0.05, 0) is 30.4 Å². The summed E-state index contributed by atoms with van der Waals surface area (Å²) in [6, 6.07) is 0.244. The maximum Gasteiger partial charge on any atom is 0.322 e. The molecule has 0 saturated heterocycles. The summed E-state index contributed by atoms with van der Waals surface area (Å²) < 4.78 is 4.94. The molecule has 0 radical (unpaired) electrons. The SMILES string of the molecule is COc1nc(Cl)nc(NCCCC2CCCC2)n1. The number of hydrogen-bond donors (Lipinski definition) is 1. The van der Waals surface area contributed by atoms with Gasteiger partial charge in [0.25, 0.3) is 0 Å². The second-order valence-corrected chi connectivity index (χ2v) is 4.97. The number of halogens is 1. The van der Waals surface area contributed by atoms with Gasteiger partial charge in [0.15, 0.2) is 0 Å². The topological polar surface area (TPSA) is 59.9 Å². The van der Waals surface area contributed by atoms with E-state index in [-0.39, 0.29) is 11.3 Å². The lowest BCUT2D eigenvalue weighted by Gasteiger charge is -2.09. The molecule has 0 aliphatic heterocycles. The van der Waals surface area contributed by atoms with Crippen molar-refractivity contribution in [2.45, 2.75) is 38.5 Å². The van der Waals surface area contributed by atoms with Crippen molar-refractivity contribution >= 4 is 17.5 Å². The molecule has 1 fully saturated rings. The Bertz CT molecular complexity index is 382. The Balaban J connectivity index is 1.73. The average molecular weight is 271 g/mol. The van der Waals surface area contributed by atoms with Gasteiger partial charge >= 0.3 is 6.01 Å². The first kappa shape index (κ1) is 13.3. The van der Waals surface area contributed by atoms with Crippen LogP contribution in [-0.2, 0) is 0 Å². The summed E-state index contributed by atoms with van der Waals surface area (Å²) in [5, 5.41) is 3.31. The molecule has 0 unspecified atom stereocenters. The van der Waals surface area contributed by atoms with Crippen molar-refractivity contribution < 1.29 is 4.74 Å². The molecule has 0 bridgehead atoms. The highest BCUT2D eigenvalue weighted by molar-refractivity contribution is 6.28. The van der Waals surface area contributed by atoms with Gasteiger partial charge in [-0.1, -0.05) is 25.7 Å². The van der Waals surface area contributed by atoms with Crippen LogP contribution in [0, 0.1) is 5.92 Å². The Morgan fingerprint density at radius 3 is 2.78 bits per heavy atom.